The second-order valence-corrected chi connectivity index (χ2v) is 7.86. The first-order valence-electron chi connectivity index (χ1n) is 9.70. The van der Waals surface area contributed by atoms with Gasteiger partial charge in [0.1, 0.15) is 0 Å². The van der Waals surface area contributed by atoms with E-state index in [0.717, 1.165) is 25.7 Å². The van der Waals surface area contributed by atoms with Gasteiger partial charge in [0, 0.05) is 7.11 Å². The second kappa shape index (κ2) is 10.1. The molecule has 0 radical (unpaired) electrons. The molecule has 2 N–H and O–H groups in total. The van der Waals surface area contributed by atoms with Crippen LogP contribution < -0.4 is 0 Å². The minimum atomic E-state index is -0.435. The molecule has 0 aromatic heterocycles. The fourth-order valence-corrected chi connectivity index (χ4v) is 3.95. The van der Waals surface area contributed by atoms with Crippen LogP contribution in [0.4, 0.5) is 0 Å². The lowest BCUT2D eigenvalue weighted by molar-refractivity contribution is -0.122. The van der Waals surface area contributed by atoms with Gasteiger partial charge in [-0.1, -0.05) is 19.1 Å². The molecule has 5 nitrogen and oxygen atoms in total. The summed E-state index contributed by atoms with van der Waals surface area (Å²) < 4.78 is 5.26. The van der Waals surface area contributed by atoms with Crippen LogP contribution in [-0.2, 0) is 14.3 Å². The molecule has 5 heteroatoms. The Kier molecular flexibility index (Phi) is 8.19. The van der Waals surface area contributed by atoms with E-state index in [0.29, 0.717) is 18.8 Å². The van der Waals surface area contributed by atoms with Crippen LogP contribution in [0.25, 0.3) is 0 Å². The summed E-state index contributed by atoms with van der Waals surface area (Å²) in [4.78, 5) is 24.0. The lowest BCUT2D eigenvalue weighted by Crippen LogP contribution is -2.34. The van der Waals surface area contributed by atoms with E-state index in [1.165, 1.54) is 12.2 Å². The Balaban J connectivity index is 1.75. The molecular weight excluding hydrogens is 332 g/mol. The number of carbonyl (C=O) groups excluding carboxylic acids is 2. The lowest BCUT2D eigenvalue weighted by Gasteiger charge is -2.30. The third-order valence-corrected chi connectivity index (χ3v) is 5.72. The number of hydrogen-bond acceptors (Lipinski definition) is 5. The first-order chi connectivity index (χ1) is 12.4. The normalized spacial score (nSPS) is 35.8. The van der Waals surface area contributed by atoms with Gasteiger partial charge >= 0.3 is 0 Å². The quantitative estimate of drug-likeness (QED) is 0.536. The molecule has 2 aliphatic rings. The van der Waals surface area contributed by atoms with Crippen molar-refractivity contribution in [2.24, 2.45) is 17.8 Å². The summed E-state index contributed by atoms with van der Waals surface area (Å²) in [6.07, 6.45) is 10.5. The monoisotopic (exact) mass is 364 g/mol. The molecule has 0 spiro atoms. The number of allylic oxidation sites excluding steroid dienone is 4. The van der Waals surface area contributed by atoms with Crippen LogP contribution in [0.2, 0.25) is 0 Å². The summed E-state index contributed by atoms with van der Waals surface area (Å²) in [6.45, 7) is 2.03. The van der Waals surface area contributed by atoms with Gasteiger partial charge in [0.05, 0.1) is 24.7 Å². The van der Waals surface area contributed by atoms with E-state index < -0.39 is 6.10 Å². The summed E-state index contributed by atoms with van der Waals surface area (Å²) in [7, 11) is 1.59. The third-order valence-electron chi connectivity index (χ3n) is 5.72. The number of aliphatic hydroxyl groups is 2. The van der Waals surface area contributed by atoms with E-state index in [2.05, 4.69) is 0 Å². The second-order valence-electron chi connectivity index (χ2n) is 7.86. The van der Waals surface area contributed by atoms with Gasteiger partial charge in [-0.2, -0.15) is 0 Å². The molecule has 0 bridgehead atoms. The van der Waals surface area contributed by atoms with Crippen LogP contribution >= 0.6 is 0 Å². The Bertz CT molecular complexity index is 539. The maximum atomic E-state index is 12.0. The molecule has 2 saturated carbocycles. The molecule has 2 fully saturated rings. The molecule has 6 unspecified atom stereocenters. The zero-order chi connectivity index (χ0) is 19.1. The van der Waals surface area contributed by atoms with Gasteiger partial charge in [-0.3, -0.25) is 9.59 Å². The summed E-state index contributed by atoms with van der Waals surface area (Å²) >= 11 is 0. The summed E-state index contributed by atoms with van der Waals surface area (Å²) in [5.41, 5.74) is 0. The van der Waals surface area contributed by atoms with E-state index in [4.69, 9.17) is 4.74 Å². The van der Waals surface area contributed by atoms with Gasteiger partial charge < -0.3 is 14.9 Å². The van der Waals surface area contributed by atoms with Crippen LogP contribution in [0.1, 0.15) is 51.9 Å². The molecule has 6 atom stereocenters. The number of carbonyl (C=O) groups is 2. The first-order valence-corrected chi connectivity index (χ1v) is 9.70. The first kappa shape index (κ1) is 21.0. The molecule has 0 amide bonds. The Labute approximate surface area is 156 Å². The maximum Gasteiger partial charge on any atom is 0.163 e. The molecular formula is C21H32O5. The lowest BCUT2D eigenvalue weighted by atomic mass is 9.80. The zero-order valence-electron chi connectivity index (χ0n) is 15.8. The van der Waals surface area contributed by atoms with Crippen LogP contribution in [0.5, 0.6) is 0 Å². The third kappa shape index (κ3) is 6.45. The van der Waals surface area contributed by atoms with Crippen molar-refractivity contribution in [1.82, 2.24) is 0 Å². The zero-order valence-corrected chi connectivity index (χ0v) is 15.8. The Morgan fingerprint density at radius 1 is 0.923 bits per heavy atom. The Morgan fingerprint density at radius 2 is 1.46 bits per heavy atom. The van der Waals surface area contributed by atoms with E-state index in [-0.39, 0.29) is 42.0 Å². The predicted molar refractivity (Wildman–Crippen MR) is 99.6 cm³/mol. The molecule has 0 aliphatic heterocycles. The summed E-state index contributed by atoms with van der Waals surface area (Å²) in [6, 6.07) is 0. The Morgan fingerprint density at radius 3 is 2.00 bits per heavy atom. The number of ketones is 2. The van der Waals surface area contributed by atoms with E-state index >= 15 is 0 Å². The standard InChI is InChI=1S/C21H32O5/c1-14-11-15(5-9-19(14)24)3-7-17(22)13-18(23)8-4-16-6-10-20(25)21(12-16)26-2/h3-4,7-8,14-16,19-21,24-25H,5-6,9-13H2,1-2H3/b7-3+,8-4+. The minimum absolute atomic E-state index is 0.110. The molecule has 0 aromatic rings. The highest BCUT2D eigenvalue weighted by atomic mass is 16.5. The highest BCUT2D eigenvalue weighted by molar-refractivity contribution is 6.08. The topological polar surface area (TPSA) is 83.8 Å². The van der Waals surface area contributed by atoms with Crippen LogP contribution in [0, 0.1) is 17.8 Å². The predicted octanol–water partition coefficient (Wildman–Crippen LogP) is 2.60. The molecule has 146 valence electrons. The number of aliphatic hydroxyl groups excluding tert-OH is 2. The minimum Gasteiger partial charge on any atom is -0.393 e. The van der Waals surface area contributed by atoms with Crippen molar-refractivity contribution in [2.45, 2.75) is 70.2 Å². The van der Waals surface area contributed by atoms with Crippen LogP contribution in [0.15, 0.2) is 24.3 Å². The van der Waals surface area contributed by atoms with Gasteiger partial charge in [-0.05, 0) is 68.4 Å². The van der Waals surface area contributed by atoms with Crippen LogP contribution in [-0.4, -0.2) is 47.2 Å². The highest BCUT2D eigenvalue weighted by Crippen LogP contribution is 2.30. The van der Waals surface area contributed by atoms with Crippen molar-refractivity contribution in [3.63, 3.8) is 0 Å². The molecule has 0 heterocycles. The van der Waals surface area contributed by atoms with Crippen molar-refractivity contribution >= 4 is 11.6 Å². The van der Waals surface area contributed by atoms with Crippen molar-refractivity contribution in [3.05, 3.63) is 24.3 Å². The van der Waals surface area contributed by atoms with Gasteiger partial charge in [-0.15, -0.1) is 0 Å². The molecule has 2 aliphatic carbocycles. The van der Waals surface area contributed by atoms with Crippen LogP contribution in [0.3, 0.4) is 0 Å². The largest absolute Gasteiger partial charge is 0.393 e. The van der Waals surface area contributed by atoms with Gasteiger partial charge in [0.2, 0.25) is 0 Å². The fraction of sp³-hybridized carbons (Fsp3) is 0.714. The summed E-state index contributed by atoms with van der Waals surface area (Å²) in [5, 5.41) is 19.5. The molecule has 0 saturated heterocycles. The summed E-state index contributed by atoms with van der Waals surface area (Å²) in [5.74, 6) is 0.401. The maximum absolute atomic E-state index is 12.0. The number of methoxy groups -OCH3 is 1. The highest BCUT2D eigenvalue weighted by Gasteiger charge is 2.28. The molecule has 26 heavy (non-hydrogen) atoms. The van der Waals surface area contributed by atoms with Gasteiger partial charge in [-0.25, -0.2) is 0 Å². The Hall–Kier alpha value is -1.30. The SMILES string of the molecule is COC1CC(/C=C/C(=O)CC(=O)/C=C/C2CCC(O)C(C)C2)CCC1O. The van der Waals surface area contributed by atoms with Crippen molar-refractivity contribution in [1.29, 1.82) is 0 Å². The van der Waals surface area contributed by atoms with Crippen molar-refractivity contribution in [2.75, 3.05) is 7.11 Å². The molecule has 0 aromatic carbocycles. The van der Waals surface area contributed by atoms with Crippen molar-refractivity contribution in [3.8, 4) is 0 Å². The number of rotatable bonds is 7. The molecule has 2 rings (SSSR count). The van der Waals surface area contributed by atoms with E-state index in [9.17, 15) is 19.8 Å². The number of ether oxygens (including phenoxy) is 1. The average Bonchev–Trinajstić information content (AvgIpc) is 2.62. The van der Waals surface area contributed by atoms with Gasteiger partial charge in [0.15, 0.2) is 11.6 Å². The van der Waals surface area contributed by atoms with Crippen molar-refractivity contribution < 1.29 is 24.5 Å². The van der Waals surface area contributed by atoms with E-state index in [1.807, 2.05) is 19.1 Å². The van der Waals surface area contributed by atoms with Gasteiger partial charge in [0.25, 0.3) is 0 Å². The number of hydrogen-bond donors (Lipinski definition) is 2. The smallest absolute Gasteiger partial charge is 0.163 e. The average molecular weight is 364 g/mol. The fourth-order valence-electron chi connectivity index (χ4n) is 3.95. The van der Waals surface area contributed by atoms with E-state index in [1.54, 1.807) is 7.11 Å².